The fraction of sp³-hybridized carbons (Fsp3) is 0.304. The van der Waals surface area contributed by atoms with E-state index in [-0.39, 0.29) is 0 Å². The van der Waals surface area contributed by atoms with Gasteiger partial charge in [0, 0.05) is 31.7 Å². The maximum Gasteiger partial charge on any atom is 0.143 e. The maximum atomic E-state index is 5.55. The molecule has 3 nitrogen and oxygen atoms in total. The van der Waals surface area contributed by atoms with Crippen molar-refractivity contribution in [1.82, 2.24) is 4.57 Å². The van der Waals surface area contributed by atoms with E-state index < -0.39 is 0 Å². The predicted octanol–water partition coefficient (Wildman–Crippen LogP) is 4.96. The Bertz CT molecular complexity index is 924. The van der Waals surface area contributed by atoms with E-state index in [1.165, 1.54) is 28.6 Å². The summed E-state index contributed by atoms with van der Waals surface area (Å²) in [6.45, 7) is 2.07. The van der Waals surface area contributed by atoms with Gasteiger partial charge in [0.2, 0.25) is 0 Å². The van der Waals surface area contributed by atoms with Crippen LogP contribution in [0.5, 0.6) is 5.75 Å². The standard InChI is InChI=1S/C23H26N2O/c1-24-17-21(20-9-6-10-22(26-2)23(20)24)25-15-13-19(14-16-25)12-11-18-7-4-3-5-8-18/h3-10,13,17H,11-12,14-16H2,1-2H3. The molecule has 0 spiro atoms. The zero-order valence-electron chi connectivity index (χ0n) is 15.6. The smallest absolute Gasteiger partial charge is 0.143 e. The van der Waals surface area contributed by atoms with Crippen molar-refractivity contribution in [3.8, 4) is 5.75 Å². The summed E-state index contributed by atoms with van der Waals surface area (Å²) in [7, 11) is 3.84. The molecule has 0 radical (unpaired) electrons. The normalized spacial score (nSPS) is 14.5. The lowest BCUT2D eigenvalue weighted by atomic mass is 9.99. The Morgan fingerprint density at radius 2 is 1.85 bits per heavy atom. The van der Waals surface area contributed by atoms with E-state index in [2.05, 4.69) is 71.3 Å². The summed E-state index contributed by atoms with van der Waals surface area (Å²) in [5.41, 5.74) is 5.49. The van der Waals surface area contributed by atoms with E-state index >= 15 is 0 Å². The third kappa shape index (κ3) is 3.22. The number of para-hydroxylation sites is 1. The molecule has 0 bridgehead atoms. The molecule has 0 fully saturated rings. The van der Waals surface area contributed by atoms with E-state index in [0.29, 0.717) is 0 Å². The van der Waals surface area contributed by atoms with Crippen LogP contribution < -0.4 is 9.64 Å². The molecule has 1 aromatic heterocycles. The van der Waals surface area contributed by atoms with E-state index in [1.54, 1.807) is 12.7 Å². The topological polar surface area (TPSA) is 17.4 Å². The highest BCUT2D eigenvalue weighted by Gasteiger charge is 2.18. The molecule has 0 amide bonds. The second-order valence-electron chi connectivity index (χ2n) is 7.03. The molecule has 0 unspecified atom stereocenters. The SMILES string of the molecule is COc1cccc2c(N3CC=C(CCc4ccccc4)CC3)cn(C)c12. The van der Waals surface area contributed by atoms with E-state index in [9.17, 15) is 0 Å². The van der Waals surface area contributed by atoms with Crippen molar-refractivity contribution in [3.63, 3.8) is 0 Å². The Labute approximate surface area is 155 Å². The molecule has 0 aliphatic carbocycles. The molecular weight excluding hydrogens is 320 g/mol. The number of hydrogen-bond acceptors (Lipinski definition) is 2. The summed E-state index contributed by atoms with van der Waals surface area (Å²) in [6.07, 6.45) is 8.11. The zero-order chi connectivity index (χ0) is 17.9. The molecule has 3 aromatic rings. The lowest BCUT2D eigenvalue weighted by Gasteiger charge is -2.28. The van der Waals surface area contributed by atoms with Gasteiger partial charge in [-0.05, 0) is 30.9 Å². The average molecular weight is 346 g/mol. The lowest BCUT2D eigenvalue weighted by Crippen LogP contribution is -2.28. The number of hydrogen-bond donors (Lipinski definition) is 0. The third-order valence-corrected chi connectivity index (χ3v) is 5.38. The van der Waals surface area contributed by atoms with Crippen molar-refractivity contribution in [1.29, 1.82) is 0 Å². The Kier molecular flexibility index (Phi) is 4.70. The third-order valence-electron chi connectivity index (χ3n) is 5.38. The van der Waals surface area contributed by atoms with Gasteiger partial charge in [0.25, 0.3) is 0 Å². The molecule has 1 aliphatic rings. The summed E-state index contributed by atoms with van der Waals surface area (Å²) in [5.74, 6) is 0.937. The number of fused-ring (bicyclic) bond motifs is 1. The Morgan fingerprint density at radius 1 is 1.00 bits per heavy atom. The van der Waals surface area contributed by atoms with E-state index in [0.717, 1.165) is 31.7 Å². The van der Waals surface area contributed by atoms with Crippen LogP contribution in [0.4, 0.5) is 5.69 Å². The molecule has 2 aromatic carbocycles. The summed E-state index contributed by atoms with van der Waals surface area (Å²) in [4.78, 5) is 2.48. The highest BCUT2D eigenvalue weighted by atomic mass is 16.5. The molecule has 26 heavy (non-hydrogen) atoms. The van der Waals surface area contributed by atoms with Gasteiger partial charge in [-0.15, -0.1) is 0 Å². The average Bonchev–Trinajstić information content (AvgIpc) is 3.04. The highest BCUT2D eigenvalue weighted by molar-refractivity contribution is 5.97. The molecule has 3 heteroatoms. The van der Waals surface area contributed by atoms with Crippen molar-refractivity contribution in [2.45, 2.75) is 19.3 Å². The van der Waals surface area contributed by atoms with Crippen LogP contribution in [0.1, 0.15) is 18.4 Å². The first-order valence-corrected chi connectivity index (χ1v) is 9.35. The molecule has 0 saturated heterocycles. The molecule has 0 N–H and O–H groups in total. The van der Waals surface area contributed by atoms with Crippen LogP contribution >= 0.6 is 0 Å². The van der Waals surface area contributed by atoms with Gasteiger partial charge < -0.3 is 14.2 Å². The van der Waals surface area contributed by atoms with Crippen LogP contribution in [0, 0.1) is 0 Å². The molecule has 2 heterocycles. The monoisotopic (exact) mass is 346 g/mol. The minimum atomic E-state index is 0.937. The first kappa shape index (κ1) is 16.8. The van der Waals surface area contributed by atoms with Crippen LogP contribution in [-0.2, 0) is 13.5 Å². The van der Waals surface area contributed by atoms with Gasteiger partial charge in [0.05, 0.1) is 18.3 Å². The van der Waals surface area contributed by atoms with Gasteiger partial charge in [0.15, 0.2) is 0 Å². The predicted molar refractivity (Wildman–Crippen MR) is 109 cm³/mol. The summed E-state index contributed by atoms with van der Waals surface area (Å²) in [5, 5.41) is 1.27. The van der Waals surface area contributed by atoms with Gasteiger partial charge in [-0.25, -0.2) is 0 Å². The molecule has 0 atom stereocenters. The van der Waals surface area contributed by atoms with Gasteiger partial charge in [-0.2, -0.15) is 0 Å². The van der Waals surface area contributed by atoms with Crippen molar-refractivity contribution < 1.29 is 4.74 Å². The number of rotatable bonds is 5. The summed E-state index contributed by atoms with van der Waals surface area (Å²) >= 11 is 0. The molecular formula is C23H26N2O. The number of benzene rings is 2. The molecule has 4 rings (SSSR count). The number of anilines is 1. The summed E-state index contributed by atoms with van der Waals surface area (Å²) < 4.78 is 7.73. The Morgan fingerprint density at radius 3 is 2.58 bits per heavy atom. The molecule has 134 valence electrons. The molecule has 0 saturated carbocycles. The highest BCUT2D eigenvalue weighted by Crippen LogP contribution is 2.35. The van der Waals surface area contributed by atoms with Gasteiger partial charge in [-0.1, -0.05) is 54.1 Å². The van der Waals surface area contributed by atoms with Crippen LogP contribution in [-0.4, -0.2) is 24.8 Å². The molecule has 1 aliphatic heterocycles. The lowest BCUT2D eigenvalue weighted by molar-refractivity contribution is 0.418. The fourth-order valence-electron chi connectivity index (χ4n) is 3.93. The first-order valence-electron chi connectivity index (χ1n) is 9.35. The van der Waals surface area contributed by atoms with Crippen LogP contribution in [0.15, 0.2) is 66.4 Å². The van der Waals surface area contributed by atoms with Gasteiger partial charge in [0.1, 0.15) is 5.75 Å². The number of ether oxygens (including phenoxy) is 1. The first-order chi connectivity index (χ1) is 12.8. The van der Waals surface area contributed by atoms with E-state index in [1.807, 2.05) is 6.07 Å². The fourth-order valence-corrected chi connectivity index (χ4v) is 3.93. The van der Waals surface area contributed by atoms with Crippen molar-refractivity contribution in [2.75, 3.05) is 25.1 Å². The Balaban J connectivity index is 1.49. The zero-order valence-corrected chi connectivity index (χ0v) is 15.6. The number of aryl methyl sites for hydroxylation is 2. The number of methoxy groups -OCH3 is 1. The van der Waals surface area contributed by atoms with Crippen LogP contribution in [0.25, 0.3) is 10.9 Å². The Hall–Kier alpha value is -2.68. The van der Waals surface area contributed by atoms with Crippen molar-refractivity contribution in [2.24, 2.45) is 7.05 Å². The number of aromatic nitrogens is 1. The van der Waals surface area contributed by atoms with Crippen molar-refractivity contribution >= 4 is 16.6 Å². The second-order valence-corrected chi connectivity index (χ2v) is 7.03. The van der Waals surface area contributed by atoms with Gasteiger partial charge >= 0.3 is 0 Å². The largest absolute Gasteiger partial charge is 0.495 e. The maximum absolute atomic E-state index is 5.55. The van der Waals surface area contributed by atoms with E-state index in [4.69, 9.17) is 4.74 Å². The summed E-state index contributed by atoms with van der Waals surface area (Å²) in [6, 6.07) is 17.1. The minimum absolute atomic E-state index is 0.937. The minimum Gasteiger partial charge on any atom is -0.495 e. The quantitative estimate of drug-likeness (QED) is 0.608. The van der Waals surface area contributed by atoms with Crippen molar-refractivity contribution in [3.05, 3.63) is 71.9 Å². The second kappa shape index (κ2) is 7.28. The van der Waals surface area contributed by atoms with Gasteiger partial charge in [-0.3, -0.25) is 0 Å². The van der Waals surface area contributed by atoms with Crippen LogP contribution in [0.3, 0.4) is 0 Å². The van der Waals surface area contributed by atoms with Crippen LogP contribution in [0.2, 0.25) is 0 Å². The number of nitrogens with zero attached hydrogens (tertiary/aromatic N) is 2.